The number of hydrogen-bond acceptors (Lipinski definition) is 3. The minimum absolute atomic E-state index is 0.0427. The molecule has 24 heavy (non-hydrogen) atoms. The molecule has 0 radical (unpaired) electrons. The summed E-state index contributed by atoms with van der Waals surface area (Å²) in [6, 6.07) is 4.12. The van der Waals surface area contributed by atoms with Crippen molar-refractivity contribution in [3.8, 4) is 0 Å². The summed E-state index contributed by atoms with van der Waals surface area (Å²) in [5.41, 5.74) is 0. The quantitative estimate of drug-likeness (QED) is 0.857. The monoisotopic (exact) mass is 351 g/mol. The summed E-state index contributed by atoms with van der Waals surface area (Å²) >= 11 is 1.74. The highest BCUT2D eigenvalue weighted by atomic mass is 32.1. The molecule has 6 heteroatoms. The van der Waals surface area contributed by atoms with Crippen LogP contribution in [0.25, 0.3) is 0 Å². The van der Waals surface area contributed by atoms with Crippen molar-refractivity contribution in [1.82, 2.24) is 15.1 Å². The zero-order valence-electron chi connectivity index (χ0n) is 15.1. The Labute approximate surface area is 149 Å². The van der Waals surface area contributed by atoms with Crippen LogP contribution in [-0.2, 0) is 11.2 Å². The second kappa shape index (κ2) is 8.51. The lowest BCUT2D eigenvalue weighted by atomic mass is 9.91. The van der Waals surface area contributed by atoms with E-state index in [1.165, 1.54) is 4.88 Å². The van der Waals surface area contributed by atoms with Crippen molar-refractivity contribution in [3.05, 3.63) is 22.4 Å². The molecule has 0 saturated carbocycles. The van der Waals surface area contributed by atoms with Gasteiger partial charge in [-0.2, -0.15) is 0 Å². The molecule has 2 heterocycles. The lowest BCUT2D eigenvalue weighted by molar-refractivity contribution is -0.130. The predicted octanol–water partition coefficient (Wildman–Crippen LogP) is 2.83. The second-order valence-electron chi connectivity index (χ2n) is 7.09. The fourth-order valence-electron chi connectivity index (χ4n) is 3.18. The molecule has 2 atom stereocenters. The van der Waals surface area contributed by atoms with E-state index in [4.69, 9.17) is 0 Å². The first-order valence-electron chi connectivity index (χ1n) is 8.66. The van der Waals surface area contributed by atoms with Crippen molar-refractivity contribution in [2.75, 3.05) is 27.2 Å². The van der Waals surface area contributed by atoms with Crippen LogP contribution >= 0.6 is 11.3 Å². The summed E-state index contributed by atoms with van der Waals surface area (Å²) in [5.74, 6) is 0.954. The molecule has 1 saturated heterocycles. The maximum absolute atomic E-state index is 12.5. The van der Waals surface area contributed by atoms with Gasteiger partial charge in [-0.3, -0.25) is 4.79 Å². The van der Waals surface area contributed by atoms with E-state index < -0.39 is 0 Å². The highest BCUT2D eigenvalue weighted by molar-refractivity contribution is 7.09. The average Bonchev–Trinajstić information content (AvgIpc) is 3.16. The van der Waals surface area contributed by atoms with Gasteiger partial charge in [0.1, 0.15) is 0 Å². The molecule has 0 unspecified atom stereocenters. The number of carbonyl (C=O) groups is 2. The van der Waals surface area contributed by atoms with Crippen LogP contribution in [0.4, 0.5) is 4.79 Å². The number of nitrogens with one attached hydrogen (secondary N) is 1. The Morgan fingerprint density at radius 2 is 2.12 bits per heavy atom. The van der Waals surface area contributed by atoms with Gasteiger partial charge in [-0.25, -0.2) is 4.79 Å². The molecule has 2 rings (SSSR count). The average molecular weight is 352 g/mol. The Hall–Kier alpha value is -1.56. The third-order valence-electron chi connectivity index (χ3n) is 4.68. The number of nitrogens with zero attached hydrogens (tertiary/aromatic N) is 2. The zero-order valence-corrected chi connectivity index (χ0v) is 15.9. The second-order valence-corrected chi connectivity index (χ2v) is 8.12. The molecule has 3 amide bonds. The third kappa shape index (κ3) is 4.97. The molecule has 1 aromatic heterocycles. The van der Waals surface area contributed by atoms with E-state index in [2.05, 4.69) is 30.6 Å². The van der Waals surface area contributed by atoms with Crippen molar-refractivity contribution < 1.29 is 9.59 Å². The minimum atomic E-state index is -0.0855. The molecule has 134 valence electrons. The van der Waals surface area contributed by atoms with Crippen LogP contribution in [0.5, 0.6) is 0 Å². The normalized spacial score (nSPS) is 20.5. The van der Waals surface area contributed by atoms with E-state index >= 15 is 0 Å². The largest absolute Gasteiger partial charge is 0.340 e. The predicted molar refractivity (Wildman–Crippen MR) is 98.2 cm³/mol. The van der Waals surface area contributed by atoms with E-state index in [1.54, 1.807) is 30.3 Å². The number of hydrogen-bond donors (Lipinski definition) is 1. The van der Waals surface area contributed by atoms with Gasteiger partial charge in [-0.1, -0.05) is 19.9 Å². The van der Waals surface area contributed by atoms with E-state index in [-0.39, 0.29) is 18.0 Å². The minimum Gasteiger partial charge on any atom is -0.340 e. The SMILES string of the molecule is CC(C)[C@@H]1CN(C(=O)CCCc2cccs2)C[C@H]1NC(=O)N(C)C. The molecule has 1 N–H and O–H groups in total. The van der Waals surface area contributed by atoms with Crippen LogP contribution in [0.1, 0.15) is 31.6 Å². The molecule has 0 bridgehead atoms. The van der Waals surface area contributed by atoms with Gasteiger partial charge < -0.3 is 15.1 Å². The first-order valence-corrected chi connectivity index (χ1v) is 9.54. The maximum Gasteiger partial charge on any atom is 0.317 e. The van der Waals surface area contributed by atoms with Gasteiger partial charge in [0.25, 0.3) is 0 Å². The van der Waals surface area contributed by atoms with Gasteiger partial charge in [0.2, 0.25) is 5.91 Å². The van der Waals surface area contributed by atoms with E-state index in [1.807, 2.05) is 11.0 Å². The van der Waals surface area contributed by atoms with Crippen LogP contribution in [0.2, 0.25) is 0 Å². The van der Waals surface area contributed by atoms with Gasteiger partial charge in [0.15, 0.2) is 0 Å². The topological polar surface area (TPSA) is 52.7 Å². The fraction of sp³-hybridized carbons (Fsp3) is 0.667. The number of carbonyl (C=O) groups excluding carboxylic acids is 2. The molecule has 0 spiro atoms. The Balaban J connectivity index is 1.86. The smallest absolute Gasteiger partial charge is 0.317 e. The summed E-state index contributed by atoms with van der Waals surface area (Å²) < 4.78 is 0. The molecule has 1 fully saturated rings. The van der Waals surface area contributed by atoms with Crippen LogP contribution in [0, 0.1) is 11.8 Å². The van der Waals surface area contributed by atoms with Gasteiger partial charge in [-0.15, -0.1) is 11.3 Å². The van der Waals surface area contributed by atoms with E-state index in [0.717, 1.165) is 19.4 Å². The summed E-state index contributed by atoms with van der Waals surface area (Å²) in [5, 5.41) is 5.14. The number of urea groups is 1. The summed E-state index contributed by atoms with van der Waals surface area (Å²) in [6.07, 6.45) is 2.43. The van der Waals surface area contributed by atoms with Crippen molar-refractivity contribution in [2.24, 2.45) is 11.8 Å². The van der Waals surface area contributed by atoms with Crippen LogP contribution < -0.4 is 5.32 Å². The Kier molecular flexibility index (Phi) is 6.66. The molecular weight excluding hydrogens is 322 g/mol. The molecule has 5 nitrogen and oxygen atoms in total. The fourth-order valence-corrected chi connectivity index (χ4v) is 3.93. The summed E-state index contributed by atoms with van der Waals surface area (Å²) in [4.78, 5) is 29.3. The number of likely N-dealkylation sites (tertiary alicyclic amines) is 1. The molecule has 0 aliphatic carbocycles. The van der Waals surface area contributed by atoms with Crippen molar-refractivity contribution >= 4 is 23.3 Å². The molecule has 1 aliphatic heterocycles. The number of thiophene rings is 1. The highest BCUT2D eigenvalue weighted by Gasteiger charge is 2.37. The molecular formula is C18H29N3O2S. The van der Waals surface area contributed by atoms with Gasteiger partial charge in [0, 0.05) is 44.4 Å². The highest BCUT2D eigenvalue weighted by Crippen LogP contribution is 2.25. The van der Waals surface area contributed by atoms with Crippen molar-refractivity contribution in [3.63, 3.8) is 0 Å². The van der Waals surface area contributed by atoms with E-state index in [9.17, 15) is 9.59 Å². The van der Waals surface area contributed by atoms with Crippen molar-refractivity contribution in [1.29, 1.82) is 0 Å². The lowest BCUT2D eigenvalue weighted by Crippen LogP contribution is -2.46. The van der Waals surface area contributed by atoms with Crippen LogP contribution in [0.3, 0.4) is 0 Å². The van der Waals surface area contributed by atoms with Gasteiger partial charge >= 0.3 is 6.03 Å². The maximum atomic E-state index is 12.5. The molecule has 1 aromatic rings. The van der Waals surface area contributed by atoms with Crippen LogP contribution in [-0.4, -0.2) is 55.0 Å². The third-order valence-corrected chi connectivity index (χ3v) is 5.62. The number of amides is 3. The number of rotatable bonds is 6. The van der Waals surface area contributed by atoms with Crippen LogP contribution in [0.15, 0.2) is 17.5 Å². The van der Waals surface area contributed by atoms with Crippen molar-refractivity contribution in [2.45, 2.75) is 39.2 Å². The Bertz CT molecular complexity index is 542. The van der Waals surface area contributed by atoms with Gasteiger partial charge in [-0.05, 0) is 30.2 Å². The Morgan fingerprint density at radius 3 is 2.71 bits per heavy atom. The first-order chi connectivity index (χ1) is 11.4. The zero-order chi connectivity index (χ0) is 17.7. The Morgan fingerprint density at radius 1 is 1.38 bits per heavy atom. The molecule has 1 aliphatic rings. The standard InChI is InChI=1S/C18H29N3O2S/c1-13(2)15-11-21(12-16(15)19-18(23)20(3)4)17(22)9-5-7-14-8-6-10-24-14/h6,8,10,13,15-16H,5,7,9,11-12H2,1-4H3,(H,19,23)/t15-,16+/m0/s1. The van der Waals surface area contributed by atoms with E-state index in [0.29, 0.717) is 24.8 Å². The molecule has 0 aromatic carbocycles. The first kappa shape index (κ1) is 18.8. The number of aryl methyl sites for hydroxylation is 1. The lowest BCUT2D eigenvalue weighted by Gasteiger charge is -2.24. The van der Waals surface area contributed by atoms with Gasteiger partial charge in [0.05, 0.1) is 6.04 Å². The summed E-state index contributed by atoms with van der Waals surface area (Å²) in [6.45, 7) is 5.68. The summed E-state index contributed by atoms with van der Waals surface area (Å²) in [7, 11) is 3.48.